The fourth-order valence-corrected chi connectivity index (χ4v) is 2.45. The van der Waals surface area contributed by atoms with Crippen LogP contribution in [-0.2, 0) is 4.79 Å². The SMILES string of the molecule is CCC(C)(CC)SC(=O)COc1ccc(Cl)cc1. The lowest BCUT2D eigenvalue weighted by atomic mass is 10.1. The van der Waals surface area contributed by atoms with E-state index < -0.39 is 0 Å². The van der Waals surface area contributed by atoms with Crippen LogP contribution in [0.4, 0.5) is 0 Å². The zero-order valence-corrected chi connectivity index (χ0v) is 12.6. The fraction of sp³-hybridized carbons (Fsp3) is 0.500. The van der Waals surface area contributed by atoms with Gasteiger partial charge in [-0.05, 0) is 44.0 Å². The molecule has 100 valence electrons. The molecule has 0 fully saturated rings. The van der Waals surface area contributed by atoms with Crippen molar-refractivity contribution in [3.8, 4) is 5.75 Å². The van der Waals surface area contributed by atoms with Gasteiger partial charge in [0, 0.05) is 9.77 Å². The second-order valence-electron chi connectivity index (χ2n) is 4.37. The van der Waals surface area contributed by atoms with Crippen molar-refractivity contribution >= 4 is 28.5 Å². The molecule has 0 amide bonds. The molecule has 18 heavy (non-hydrogen) atoms. The predicted molar refractivity (Wildman–Crippen MR) is 78.5 cm³/mol. The number of carbonyl (C=O) groups excluding carboxylic acids is 1. The summed E-state index contributed by atoms with van der Waals surface area (Å²) >= 11 is 7.15. The van der Waals surface area contributed by atoms with Crippen molar-refractivity contribution in [2.75, 3.05) is 6.61 Å². The molecule has 1 aromatic carbocycles. The maximum absolute atomic E-state index is 11.8. The highest BCUT2D eigenvalue weighted by Crippen LogP contribution is 2.32. The summed E-state index contributed by atoms with van der Waals surface area (Å²) in [6, 6.07) is 7.02. The average Bonchev–Trinajstić information content (AvgIpc) is 2.38. The van der Waals surface area contributed by atoms with Gasteiger partial charge in [0.25, 0.3) is 0 Å². The van der Waals surface area contributed by atoms with E-state index in [1.165, 1.54) is 11.8 Å². The van der Waals surface area contributed by atoms with Gasteiger partial charge in [0.2, 0.25) is 5.12 Å². The number of hydrogen-bond acceptors (Lipinski definition) is 3. The Morgan fingerprint density at radius 1 is 1.28 bits per heavy atom. The zero-order valence-electron chi connectivity index (χ0n) is 11.0. The number of ether oxygens (including phenoxy) is 1. The van der Waals surface area contributed by atoms with Gasteiger partial charge in [-0.2, -0.15) is 0 Å². The van der Waals surface area contributed by atoms with E-state index in [1.807, 2.05) is 0 Å². The molecule has 0 saturated carbocycles. The van der Waals surface area contributed by atoms with E-state index in [0.29, 0.717) is 10.8 Å². The topological polar surface area (TPSA) is 26.3 Å². The Hall–Kier alpha value is -0.670. The van der Waals surface area contributed by atoms with Crippen molar-refractivity contribution < 1.29 is 9.53 Å². The van der Waals surface area contributed by atoms with Gasteiger partial charge in [-0.3, -0.25) is 4.79 Å². The second kappa shape index (κ2) is 7.05. The minimum atomic E-state index is 0.0143. The van der Waals surface area contributed by atoms with E-state index in [4.69, 9.17) is 16.3 Å². The summed E-state index contributed by atoms with van der Waals surface area (Å²) in [5, 5.41) is 0.726. The maximum atomic E-state index is 11.8. The largest absolute Gasteiger partial charge is 0.485 e. The third-order valence-electron chi connectivity index (χ3n) is 3.03. The molecular weight excluding hydrogens is 268 g/mol. The standard InChI is InChI=1S/C14H19ClO2S/c1-4-14(3,5-2)18-13(16)10-17-12-8-6-11(15)7-9-12/h6-9H,4-5,10H2,1-3H3. The third-order valence-corrected chi connectivity index (χ3v) is 4.69. The number of hydrogen-bond donors (Lipinski definition) is 0. The minimum absolute atomic E-state index is 0.0143. The Labute approximate surface area is 118 Å². The lowest BCUT2D eigenvalue weighted by Gasteiger charge is -2.24. The van der Waals surface area contributed by atoms with Crippen LogP contribution >= 0.6 is 23.4 Å². The number of benzene rings is 1. The summed E-state index contributed by atoms with van der Waals surface area (Å²) < 4.78 is 5.44. The van der Waals surface area contributed by atoms with Crippen LogP contribution in [-0.4, -0.2) is 16.5 Å². The van der Waals surface area contributed by atoms with Gasteiger partial charge in [-0.1, -0.05) is 37.2 Å². The molecule has 1 aromatic rings. The smallest absolute Gasteiger partial charge is 0.226 e. The Morgan fingerprint density at radius 3 is 2.33 bits per heavy atom. The molecule has 0 aliphatic rings. The summed E-state index contributed by atoms with van der Waals surface area (Å²) in [4.78, 5) is 11.8. The Bertz CT molecular complexity index is 385. The molecule has 1 rings (SSSR count). The van der Waals surface area contributed by atoms with E-state index in [2.05, 4.69) is 20.8 Å². The van der Waals surface area contributed by atoms with Gasteiger partial charge in [-0.15, -0.1) is 0 Å². The molecule has 0 bridgehead atoms. The van der Waals surface area contributed by atoms with Gasteiger partial charge in [-0.25, -0.2) is 0 Å². The number of thioether (sulfide) groups is 1. The van der Waals surface area contributed by atoms with Gasteiger partial charge in [0.1, 0.15) is 5.75 Å². The van der Waals surface area contributed by atoms with Crippen LogP contribution in [0.3, 0.4) is 0 Å². The Morgan fingerprint density at radius 2 is 1.83 bits per heavy atom. The fourth-order valence-electron chi connectivity index (χ4n) is 1.37. The van der Waals surface area contributed by atoms with Crippen LogP contribution in [0, 0.1) is 0 Å². The maximum Gasteiger partial charge on any atom is 0.226 e. The highest BCUT2D eigenvalue weighted by atomic mass is 35.5. The van der Waals surface area contributed by atoms with E-state index in [9.17, 15) is 4.79 Å². The first-order valence-electron chi connectivity index (χ1n) is 6.09. The second-order valence-corrected chi connectivity index (χ2v) is 6.46. The first kappa shape index (κ1) is 15.4. The molecule has 0 spiro atoms. The van der Waals surface area contributed by atoms with E-state index in [-0.39, 0.29) is 16.5 Å². The van der Waals surface area contributed by atoms with Crippen molar-refractivity contribution in [2.24, 2.45) is 0 Å². The molecule has 0 aliphatic heterocycles. The van der Waals surface area contributed by atoms with Gasteiger partial charge in [0.15, 0.2) is 6.61 Å². The average molecular weight is 287 g/mol. The minimum Gasteiger partial charge on any atom is -0.485 e. The van der Waals surface area contributed by atoms with Crippen LogP contribution in [0.25, 0.3) is 0 Å². The summed E-state index contributed by atoms with van der Waals surface area (Å²) in [6.07, 6.45) is 1.95. The molecule has 2 nitrogen and oxygen atoms in total. The number of carbonyl (C=O) groups is 1. The molecule has 0 unspecified atom stereocenters. The highest BCUT2D eigenvalue weighted by Gasteiger charge is 2.24. The number of rotatable bonds is 6. The van der Waals surface area contributed by atoms with Crippen molar-refractivity contribution in [3.05, 3.63) is 29.3 Å². The Balaban J connectivity index is 2.44. The normalized spacial score (nSPS) is 11.3. The highest BCUT2D eigenvalue weighted by molar-refractivity contribution is 8.14. The van der Waals surface area contributed by atoms with Crippen molar-refractivity contribution in [1.29, 1.82) is 0 Å². The molecule has 0 heterocycles. The van der Waals surface area contributed by atoms with Gasteiger partial charge in [0.05, 0.1) is 0 Å². The van der Waals surface area contributed by atoms with Crippen LogP contribution < -0.4 is 4.74 Å². The van der Waals surface area contributed by atoms with Crippen LogP contribution in [0.5, 0.6) is 5.75 Å². The lowest BCUT2D eigenvalue weighted by molar-refractivity contribution is -0.112. The summed E-state index contributed by atoms with van der Waals surface area (Å²) in [7, 11) is 0. The van der Waals surface area contributed by atoms with Crippen LogP contribution in [0.2, 0.25) is 5.02 Å². The summed E-state index contributed by atoms with van der Waals surface area (Å²) in [5.41, 5.74) is 0. The summed E-state index contributed by atoms with van der Waals surface area (Å²) in [5.74, 6) is 0.669. The molecule has 0 atom stereocenters. The molecule has 0 aromatic heterocycles. The lowest BCUT2D eigenvalue weighted by Crippen LogP contribution is -2.22. The molecule has 0 N–H and O–H groups in total. The van der Waals surface area contributed by atoms with Crippen molar-refractivity contribution in [2.45, 2.75) is 38.4 Å². The molecular formula is C14H19ClO2S. The van der Waals surface area contributed by atoms with Crippen LogP contribution in [0.1, 0.15) is 33.6 Å². The first-order chi connectivity index (χ1) is 8.49. The van der Waals surface area contributed by atoms with Crippen molar-refractivity contribution in [3.63, 3.8) is 0 Å². The third kappa shape index (κ3) is 4.91. The monoisotopic (exact) mass is 286 g/mol. The van der Waals surface area contributed by atoms with Gasteiger partial charge < -0.3 is 4.74 Å². The zero-order chi connectivity index (χ0) is 13.6. The molecule has 0 aliphatic carbocycles. The van der Waals surface area contributed by atoms with E-state index in [0.717, 1.165) is 12.8 Å². The quantitative estimate of drug-likeness (QED) is 0.767. The van der Waals surface area contributed by atoms with E-state index in [1.54, 1.807) is 24.3 Å². The molecule has 0 radical (unpaired) electrons. The molecule has 4 heteroatoms. The first-order valence-corrected chi connectivity index (χ1v) is 7.28. The molecule has 0 saturated heterocycles. The predicted octanol–water partition coefficient (Wildman–Crippen LogP) is 4.56. The summed E-state index contributed by atoms with van der Waals surface area (Å²) in [6.45, 7) is 6.41. The van der Waals surface area contributed by atoms with Gasteiger partial charge >= 0.3 is 0 Å². The van der Waals surface area contributed by atoms with E-state index >= 15 is 0 Å². The van der Waals surface area contributed by atoms with Crippen molar-refractivity contribution in [1.82, 2.24) is 0 Å². The Kier molecular flexibility index (Phi) is 6.03. The van der Waals surface area contributed by atoms with Crippen LogP contribution in [0.15, 0.2) is 24.3 Å². The number of halogens is 1.